The summed E-state index contributed by atoms with van der Waals surface area (Å²) in [5.41, 5.74) is 0.426. The Morgan fingerprint density at radius 3 is 2.83 bits per heavy atom. The molecule has 1 aliphatic carbocycles. The van der Waals surface area contributed by atoms with E-state index in [0.717, 1.165) is 25.8 Å². The fourth-order valence-corrected chi connectivity index (χ4v) is 1.85. The van der Waals surface area contributed by atoms with Crippen LogP contribution in [0.15, 0.2) is 0 Å². The third-order valence-electron chi connectivity index (χ3n) is 3.22. The van der Waals surface area contributed by atoms with Crippen LogP contribution in [0.2, 0.25) is 0 Å². The van der Waals surface area contributed by atoms with Gasteiger partial charge in [-0.3, -0.25) is 0 Å². The molecule has 12 heavy (non-hydrogen) atoms. The van der Waals surface area contributed by atoms with Crippen LogP contribution in [0, 0.1) is 5.41 Å². The van der Waals surface area contributed by atoms with E-state index in [-0.39, 0.29) is 0 Å². The molecule has 1 atom stereocenters. The molecular formula is C10H19NO. The number of nitrogens with one attached hydrogen (secondary N) is 1. The van der Waals surface area contributed by atoms with Gasteiger partial charge in [0, 0.05) is 24.6 Å². The van der Waals surface area contributed by atoms with Crippen molar-refractivity contribution < 1.29 is 4.74 Å². The zero-order chi connectivity index (χ0) is 8.44. The number of ether oxygens (including phenoxy) is 1. The Labute approximate surface area is 74.7 Å². The average Bonchev–Trinajstić information content (AvgIpc) is 2.33. The largest absolute Gasteiger partial charge is 0.381 e. The Balaban J connectivity index is 1.70. The van der Waals surface area contributed by atoms with Crippen LogP contribution in [0.5, 0.6) is 0 Å². The van der Waals surface area contributed by atoms with E-state index in [1.807, 2.05) is 0 Å². The molecule has 2 aliphatic rings. The van der Waals surface area contributed by atoms with Gasteiger partial charge in [-0.25, -0.2) is 0 Å². The predicted octanol–water partition coefficient (Wildman–Crippen LogP) is 1.56. The van der Waals surface area contributed by atoms with Crippen molar-refractivity contribution in [3.05, 3.63) is 0 Å². The quantitative estimate of drug-likeness (QED) is 0.692. The Hall–Kier alpha value is -0.0800. The third-order valence-corrected chi connectivity index (χ3v) is 3.22. The molecule has 0 aromatic carbocycles. The molecule has 1 saturated carbocycles. The lowest BCUT2D eigenvalue weighted by Crippen LogP contribution is -2.42. The Bertz CT molecular complexity index is 148. The highest BCUT2D eigenvalue weighted by Crippen LogP contribution is 2.28. The van der Waals surface area contributed by atoms with Gasteiger partial charge in [0.2, 0.25) is 0 Å². The van der Waals surface area contributed by atoms with Crippen molar-refractivity contribution >= 4 is 0 Å². The summed E-state index contributed by atoms with van der Waals surface area (Å²) in [6, 6.07) is 0.822. The van der Waals surface area contributed by atoms with Crippen molar-refractivity contribution in [2.24, 2.45) is 5.41 Å². The maximum atomic E-state index is 5.40. The molecule has 2 fully saturated rings. The summed E-state index contributed by atoms with van der Waals surface area (Å²) in [7, 11) is 0. The second-order valence-corrected chi connectivity index (χ2v) is 4.62. The van der Waals surface area contributed by atoms with Crippen molar-refractivity contribution in [2.75, 3.05) is 19.8 Å². The van der Waals surface area contributed by atoms with E-state index in [4.69, 9.17) is 4.74 Å². The molecule has 1 heterocycles. The molecule has 70 valence electrons. The average molecular weight is 169 g/mol. The van der Waals surface area contributed by atoms with Crippen molar-refractivity contribution in [3.8, 4) is 0 Å². The summed E-state index contributed by atoms with van der Waals surface area (Å²) in [4.78, 5) is 0. The van der Waals surface area contributed by atoms with Gasteiger partial charge in [0.1, 0.15) is 0 Å². The van der Waals surface area contributed by atoms with Crippen LogP contribution in [0.3, 0.4) is 0 Å². The van der Waals surface area contributed by atoms with Gasteiger partial charge in [-0.1, -0.05) is 13.3 Å². The van der Waals surface area contributed by atoms with Gasteiger partial charge >= 0.3 is 0 Å². The van der Waals surface area contributed by atoms with E-state index in [2.05, 4.69) is 12.2 Å². The van der Waals surface area contributed by atoms with E-state index >= 15 is 0 Å². The zero-order valence-electron chi connectivity index (χ0n) is 7.94. The van der Waals surface area contributed by atoms with Gasteiger partial charge in [-0.2, -0.15) is 0 Å². The van der Waals surface area contributed by atoms with Crippen LogP contribution in [0.4, 0.5) is 0 Å². The first-order valence-corrected chi connectivity index (χ1v) is 5.10. The number of hydrogen-bond donors (Lipinski definition) is 1. The second kappa shape index (κ2) is 3.35. The van der Waals surface area contributed by atoms with Crippen LogP contribution >= 0.6 is 0 Å². The molecule has 0 spiro atoms. The van der Waals surface area contributed by atoms with Crippen LogP contribution in [0.1, 0.15) is 32.6 Å². The summed E-state index contributed by atoms with van der Waals surface area (Å²) < 4.78 is 5.40. The molecule has 1 N–H and O–H groups in total. The van der Waals surface area contributed by atoms with Gasteiger partial charge < -0.3 is 10.1 Å². The molecule has 0 bridgehead atoms. The molecule has 1 saturated heterocycles. The highest BCUT2D eigenvalue weighted by atomic mass is 16.5. The van der Waals surface area contributed by atoms with E-state index in [1.165, 1.54) is 25.7 Å². The molecule has 1 aliphatic heterocycles. The fourth-order valence-electron chi connectivity index (χ4n) is 1.85. The lowest BCUT2D eigenvalue weighted by atomic mass is 9.87. The Morgan fingerprint density at radius 1 is 1.50 bits per heavy atom. The standard InChI is InChI=1S/C10H19NO/c1-10(5-6-12-8-10)7-11-9-3-2-4-9/h9,11H,2-8H2,1H3. The van der Waals surface area contributed by atoms with Crippen LogP contribution in [0.25, 0.3) is 0 Å². The topological polar surface area (TPSA) is 21.3 Å². The maximum absolute atomic E-state index is 5.40. The predicted molar refractivity (Wildman–Crippen MR) is 49.2 cm³/mol. The minimum absolute atomic E-state index is 0.426. The van der Waals surface area contributed by atoms with E-state index < -0.39 is 0 Å². The van der Waals surface area contributed by atoms with Gasteiger partial charge in [0.25, 0.3) is 0 Å². The fraction of sp³-hybridized carbons (Fsp3) is 1.00. The smallest absolute Gasteiger partial charge is 0.0532 e. The molecule has 2 heteroatoms. The summed E-state index contributed by atoms with van der Waals surface area (Å²) in [6.45, 7) is 5.39. The highest BCUT2D eigenvalue weighted by Gasteiger charge is 2.30. The van der Waals surface area contributed by atoms with Crippen LogP contribution in [-0.4, -0.2) is 25.8 Å². The first-order chi connectivity index (χ1) is 5.79. The van der Waals surface area contributed by atoms with E-state index in [0.29, 0.717) is 5.41 Å². The highest BCUT2D eigenvalue weighted by molar-refractivity contribution is 4.84. The summed E-state index contributed by atoms with van der Waals surface area (Å²) in [5, 5.41) is 3.62. The van der Waals surface area contributed by atoms with Crippen molar-refractivity contribution in [2.45, 2.75) is 38.6 Å². The summed E-state index contributed by atoms with van der Waals surface area (Å²) in [5.74, 6) is 0. The lowest BCUT2D eigenvalue weighted by Gasteiger charge is -2.31. The Kier molecular flexibility index (Phi) is 2.37. The Morgan fingerprint density at radius 2 is 2.33 bits per heavy atom. The van der Waals surface area contributed by atoms with Crippen LogP contribution < -0.4 is 5.32 Å². The minimum atomic E-state index is 0.426. The van der Waals surface area contributed by atoms with Crippen molar-refractivity contribution in [1.82, 2.24) is 5.32 Å². The minimum Gasteiger partial charge on any atom is -0.381 e. The number of rotatable bonds is 3. The molecule has 0 aromatic heterocycles. The summed E-state index contributed by atoms with van der Waals surface area (Å²) >= 11 is 0. The molecule has 0 aromatic rings. The molecule has 1 unspecified atom stereocenters. The second-order valence-electron chi connectivity index (χ2n) is 4.62. The van der Waals surface area contributed by atoms with Gasteiger partial charge in [-0.05, 0) is 19.3 Å². The number of hydrogen-bond acceptors (Lipinski definition) is 2. The third kappa shape index (κ3) is 1.80. The van der Waals surface area contributed by atoms with Crippen molar-refractivity contribution in [3.63, 3.8) is 0 Å². The van der Waals surface area contributed by atoms with Crippen LogP contribution in [-0.2, 0) is 4.74 Å². The SMILES string of the molecule is CC1(CNC2CCC2)CCOC1. The molecular weight excluding hydrogens is 150 g/mol. The molecule has 0 amide bonds. The first kappa shape index (κ1) is 8.52. The van der Waals surface area contributed by atoms with Gasteiger partial charge in [0.05, 0.1) is 6.61 Å². The zero-order valence-corrected chi connectivity index (χ0v) is 7.94. The summed E-state index contributed by atoms with van der Waals surface area (Å²) in [6.07, 6.45) is 5.42. The molecule has 0 radical (unpaired) electrons. The molecule has 2 rings (SSSR count). The van der Waals surface area contributed by atoms with Gasteiger partial charge in [0.15, 0.2) is 0 Å². The van der Waals surface area contributed by atoms with Crippen molar-refractivity contribution in [1.29, 1.82) is 0 Å². The first-order valence-electron chi connectivity index (χ1n) is 5.10. The molecule has 2 nitrogen and oxygen atoms in total. The normalized spacial score (nSPS) is 36.8. The van der Waals surface area contributed by atoms with E-state index in [1.54, 1.807) is 0 Å². The monoisotopic (exact) mass is 169 g/mol. The van der Waals surface area contributed by atoms with E-state index in [9.17, 15) is 0 Å². The lowest BCUT2D eigenvalue weighted by molar-refractivity contribution is 0.153. The maximum Gasteiger partial charge on any atom is 0.0532 e. The van der Waals surface area contributed by atoms with Gasteiger partial charge in [-0.15, -0.1) is 0 Å².